The predicted octanol–water partition coefficient (Wildman–Crippen LogP) is 4.01. The number of phenolic OH excluding ortho intramolecular Hbond substituents is 1. The van der Waals surface area contributed by atoms with Crippen LogP contribution in [-0.2, 0) is 22.6 Å². The van der Waals surface area contributed by atoms with Gasteiger partial charge in [0.05, 0.1) is 32.2 Å². The highest BCUT2D eigenvalue weighted by Crippen LogP contribution is 2.43. The Hall–Kier alpha value is -3.28. The van der Waals surface area contributed by atoms with Crippen LogP contribution in [-0.4, -0.2) is 65.7 Å². The van der Waals surface area contributed by atoms with E-state index in [0.717, 1.165) is 0 Å². The van der Waals surface area contributed by atoms with Crippen LogP contribution in [0.5, 0.6) is 11.5 Å². The minimum Gasteiger partial charge on any atom is -0.507 e. The van der Waals surface area contributed by atoms with Gasteiger partial charge in [-0.1, -0.05) is 12.1 Å². The lowest BCUT2D eigenvalue weighted by Crippen LogP contribution is -2.32. The number of aliphatic hydroxyl groups excluding tert-OH is 2. The van der Waals surface area contributed by atoms with Crippen LogP contribution < -0.4 is 10.1 Å². The van der Waals surface area contributed by atoms with E-state index in [2.05, 4.69) is 5.32 Å². The van der Waals surface area contributed by atoms with Gasteiger partial charge in [0, 0.05) is 31.1 Å². The molecule has 3 unspecified atom stereocenters. The lowest BCUT2D eigenvalue weighted by molar-refractivity contribution is -0.131. The molecule has 3 rings (SSSR count). The highest BCUT2D eigenvalue weighted by molar-refractivity contribution is 6.03. The molecule has 0 saturated carbocycles. The van der Waals surface area contributed by atoms with Gasteiger partial charge in [-0.25, -0.2) is 0 Å². The molecule has 2 aromatic carbocycles. The maximum atomic E-state index is 13.3. The zero-order chi connectivity index (χ0) is 30.3. The highest BCUT2D eigenvalue weighted by atomic mass is 19.4. The van der Waals surface area contributed by atoms with E-state index in [1.807, 2.05) is 0 Å². The number of phenols is 1. The van der Waals surface area contributed by atoms with Gasteiger partial charge in [-0.15, -0.1) is 0 Å². The van der Waals surface area contributed by atoms with Crippen molar-refractivity contribution >= 4 is 17.3 Å². The monoisotopic (exact) mass is 579 g/mol. The molecule has 0 saturated heterocycles. The maximum absolute atomic E-state index is 13.3. The zero-order valence-corrected chi connectivity index (χ0v) is 23.1. The fourth-order valence-electron chi connectivity index (χ4n) is 5.69. The summed E-state index contributed by atoms with van der Waals surface area (Å²) in [5.74, 6) is -2.46. The second-order valence-electron chi connectivity index (χ2n) is 10.6. The number of halogens is 3. The maximum Gasteiger partial charge on any atom is 0.401 e. The Kier molecular flexibility index (Phi) is 11.1. The number of rotatable bonds is 14. The number of aliphatic hydroxyl groups is 2. The number of benzene rings is 2. The standard InChI is InChI=1S/C30H36F3NO7/c1-17(37)9-26(39)24(15-36)20(7-8-35)10-19-12-23-21(4-5-25(38)29(23)27(40)13-19)22-11-18(3-6-28(22)41-2)14-34-16-30(31,32)33/h3-6,11,19-20,24,34-36,38H,7-10,12-16H2,1-2H3. The van der Waals surface area contributed by atoms with E-state index in [9.17, 15) is 42.9 Å². The van der Waals surface area contributed by atoms with Crippen molar-refractivity contribution in [2.24, 2.45) is 17.8 Å². The van der Waals surface area contributed by atoms with Gasteiger partial charge in [-0.05, 0) is 72.9 Å². The SMILES string of the molecule is COc1ccc(CNCC(F)(F)F)cc1-c1ccc(O)c2c1CC(CC(CCO)C(CO)C(=O)CC(C)=O)CC2=O. The van der Waals surface area contributed by atoms with Crippen LogP contribution in [0.3, 0.4) is 0 Å². The van der Waals surface area contributed by atoms with Gasteiger partial charge >= 0.3 is 6.18 Å². The van der Waals surface area contributed by atoms with Gasteiger partial charge in [0.2, 0.25) is 0 Å². The van der Waals surface area contributed by atoms with Crippen LogP contribution in [0.25, 0.3) is 11.1 Å². The Bertz CT molecular complexity index is 1260. The first-order chi connectivity index (χ1) is 19.4. The van der Waals surface area contributed by atoms with Crippen LogP contribution in [0.4, 0.5) is 13.2 Å². The van der Waals surface area contributed by atoms with E-state index in [1.54, 1.807) is 24.3 Å². The fourth-order valence-corrected chi connectivity index (χ4v) is 5.69. The largest absolute Gasteiger partial charge is 0.507 e. The molecule has 0 heterocycles. The molecule has 11 heteroatoms. The van der Waals surface area contributed by atoms with Crippen LogP contribution >= 0.6 is 0 Å². The van der Waals surface area contributed by atoms with E-state index in [1.165, 1.54) is 20.1 Å². The number of carbonyl (C=O) groups excluding carboxylic acids is 3. The Morgan fingerprint density at radius 2 is 1.85 bits per heavy atom. The Morgan fingerprint density at radius 3 is 2.46 bits per heavy atom. The first kappa shape index (κ1) is 32.2. The van der Waals surface area contributed by atoms with E-state index < -0.39 is 36.9 Å². The van der Waals surface area contributed by atoms with Crippen molar-refractivity contribution in [1.29, 1.82) is 0 Å². The molecule has 8 nitrogen and oxygen atoms in total. The summed E-state index contributed by atoms with van der Waals surface area (Å²) in [7, 11) is 1.45. The normalized spacial score (nSPS) is 16.7. The van der Waals surface area contributed by atoms with Crippen LogP contribution in [0.2, 0.25) is 0 Å². The van der Waals surface area contributed by atoms with Gasteiger partial charge in [-0.2, -0.15) is 13.2 Å². The van der Waals surface area contributed by atoms with Crippen molar-refractivity contribution in [2.45, 2.75) is 51.7 Å². The molecule has 3 atom stereocenters. The number of Topliss-reactive ketones (excluding diaryl/α,β-unsaturated/α-hetero) is 3. The van der Waals surface area contributed by atoms with Gasteiger partial charge in [0.25, 0.3) is 0 Å². The molecule has 0 spiro atoms. The average Bonchev–Trinajstić information content (AvgIpc) is 2.88. The van der Waals surface area contributed by atoms with E-state index >= 15 is 0 Å². The number of hydrogen-bond acceptors (Lipinski definition) is 8. The second-order valence-corrected chi connectivity index (χ2v) is 10.6. The summed E-state index contributed by atoms with van der Waals surface area (Å²) in [5.41, 5.74) is 2.38. The molecule has 0 fully saturated rings. The molecule has 0 aromatic heterocycles. The first-order valence-corrected chi connectivity index (χ1v) is 13.4. The molecular weight excluding hydrogens is 543 g/mol. The lowest BCUT2D eigenvalue weighted by Gasteiger charge is -2.32. The third-order valence-electron chi connectivity index (χ3n) is 7.48. The number of ether oxygens (including phenoxy) is 1. The van der Waals surface area contributed by atoms with Crippen LogP contribution in [0, 0.1) is 17.8 Å². The zero-order valence-electron chi connectivity index (χ0n) is 23.1. The summed E-state index contributed by atoms with van der Waals surface area (Å²) in [6.07, 6.45) is -3.78. The summed E-state index contributed by atoms with van der Waals surface area (Å²) in [6, 6.07) is 7.98. The van der Waals surface area contributed by atoms with Crippen molar-refractivity contribution in [1.82, 2.24) is 5.32 Å². The quantitative estimate of drug-likeness (QED) is 0.247. The Balaban J connectivity index is 1.97. The molecule has 2 aromatic rings. The molecule has 1 aliphatic rings. The van der Waals surface area contributed by atoms with Gasteiger partial charge in [0.1, 0.15) is 23.1 Å². The number of nitrogens with one attached hydrogen (secondary N) is 1. The number of alkyl halides is 3. The summed E-state index contributed by atoms with van der Waals surface area (Å²) in [6.45, 7) is -0.666. The average molecular weight is 580 g/mol. The molecule has 0 aliphatic heterocycles. The fraction of sp³-hybridized carbons (Fsp3) is 0.500. The number of ketones is 3. The first-order valence-electron chi connectivity index (χ1n) is 13.4. The van der Waals surface area contributed by atoms with Crippen LogP contribution in [0.15, 0.2) is 30.3 Å². The second kappa shape index (κ2) is 14.1. The van der Waals surface area contributed by atoms with Crippen molar-refractivity contribution < 1.29 is 47.6 Å². The molecule has 1 aliphatic carbocycles. The summed E-state index contributed by atoms with van der Waals surface area (Å²) in [5, 5.41) is 32.6. The topological polar surface area (TPSA) is 133 Å². The molecular formula is C30H36F3NO7. The third kappa shape index (κ3) is 8.37. The number of hydrogen-bond donors (Lipinski definition) is 4. The van der Waals surface area contributed by atoms with Crippen molar-refractivity contribution in [2.75, 3.05) is 26.9 Å². The Morgan fingerprint density at radius 1 is 1.12 bits per heavy atom. The van der Waals surface area contributed by atoms with Gasteiger partial charge in [-0.3, -0.25) is 14.4 Å². The number of carbonyl (C=O) groups is 3. The molecule has 0 amide bonds. The van der Waals surface area contributed by atoms with E-state index in [4.69, 9.17) is 4.74 Å². The van der Waals surface area contributed by atoms with Crippen molar-refractivity contribution in [3.63, 3.8) is 0 Å². The van der Waals surface area contributed by atoms with Crippen LogP contribution in [0.1, 0.15) is 54.1 Å². The third-order valence-corrected chi connectivity index (χ3v) is 7.48. The smallest absolute Gasteiger partial charge is 0.401 e. The predicted molar refractivity (Wildman–Crippen MR) is 145 cm³/mol. The van der Waals surface area contributed by atoms with E-state index in [0.29, 0.717) is 40.8 Å². The summed E-state index contributed by atoms with van der Waals surface area (Å²) >= 11 is 0. The van der Waals surface area contributed by atoms with Gasteiger partial charge < -0.3 is 25.4 Å². The summed E-state index contributed by atoms with van der Waals surface area (Å²) in [4.78, 5) is 37.5. The van der Waals surface area contributed by atoms with E-state index in [-0.39, 0.29) is 61.2 Å². The molecule has 0 radical (unpaired) electrons. The summed E-state index contributed by atoms with van der Waals surface area (Å²) < 4.78 is 43.4. The minimum absolute atomic E-state index is 0.0575. The number of fused-ring (bicyclic) bond motifs is 1. The Labute approximate surface area is 236 Å². The molecule has 224 valence electrons. The van der Waals surface area contributed by atoms with Gasteiger partial charge in [0.15, 0.2) is 5.78 Å². The molecule has 41 heavy (non-hydrogen) atoms. The highest BCUT2D eigenvalue weighted by Gasteiger charge is 2.35. The van der Waals surface area contributed by atoms with Crippen molar-refractivity contribution in [3.05, 3.63) is 47.0 Å². The number of methoxy groups -OCH3 is 1. The lowest BCUT2D eigenvalue weighted by atomic mass is 9.72. The molecule has 4 N–H and O–H groups in total. The van der Waals surface area contributed by atoms with Crippen molar-refractivity contribution in [3.8, 4) is 22.6 Å². The minimum atomic E-state index is -4.36. The molecule has 0 bridgehead atoms. The number of aromatic hydroxyl groups is 1.